The van der Waals surface area contributed by atoms with Crippen molar-refractivity contribution >= 4 is 13.9 Å². The van der Waals surface area contributed by atoms with Gasteiger partial charge in [0.2, 0.25) is 0 Å². The summed E-state index contributed by atoms with van der Waals surface area (Å²) in [6.07, 6.45) is -8.20. The van der Waals surface area contributed by atoms with E-state index in [1.165, 1.54) is 0 Å². The Hall–Kier alpha value is 0.199. The molecule has 0 aromatic rings. The van der Waals surface area contributed by atoms with Gasteiger partial charge in [0.1, 0.15) is 0 Å². The van der Waals surface area contributed by atoms with E-state index in [1.807, 2.05) is 0 Å². The van der Waals surface area contributed by atoms with Gasteiger partial charge in [-0.05, 0) is 0 Å². The third-order valence-corrected chi connectivity index (χ3v) is 10.1. The number of rotatable bonds is 7. The monoisotopic (exact) mass is 364 g/mol. The van der Waals surface area contributed by atoms with Crippen LogP contribution in [-0.4, -0.2) is 105 Å². The Kier molecular flexibility index (Phi) is 7.30. The molecule has 0 amide bonds. The van der Waals surface area contributed by atoms with Crippen molar-refractivity contribution in [3.63, 3.8) is 0 Å². The fraction of sp³-hybridized carbons (Fsp3) is 1.00. The predicted octanol–water partition coefficient (Wildman–Crippen LogP) is -4.25. The van der Waals surface area contributed by atoms with E-state index < -0.39 is 61.9 Å². The zero-order valence-electron chi connectivity index (χ0n) is 10.9. The van der Waals surface area contributed by atoms with E-state index in [-0.39, 0.29) is 11.9 Å². The molecule has 0 aliphatic carbocycles. The van der Waals surface area contributed by atoms with Gasteiger partial charge in [0.25, 0.3) is 0 Å². The number of aliphatic hydroxyl groups is 8. The first-order valence-corrected chi connectivity index (χ1v) is 10.1. The van der Waals surface area contributed by atoms with Crippen LogP contribution in [0.15, 0.2) is 0 Å². The van der Waals surface area contributed by atoms with E-state index in [9.17, 15) is 35.7 Å². The number of aliphatic hydroxyl groups excluding tert-OH is 8. The van der Waals surface area contributed by atoms with Crippen molar-refractivity contribution in [2.75, 3.05) is 13.2 Å². The first-order valence-electron chi connectivity index (χ1n) is 6.37. The van der Waals surface area contributed by atoms with E-state index in [0.717, 1.165) is 0 Å². The van der Waals surface area contributed by atoms with E-state index in [4.69, 9.17) is 5.11 Å². The second-order valence-electron chi connectivity index (χ2n) is 5.06. The van der Waals surface area contributed by atoms with Gasteiger partial charge >= 0.3 is 120 Å². The average molecular weight is 363 g/mol. The van der Waals surface area contributed by atoms with Crippen LogP contribution in [0.3, 0.4) is 0 Å². The zero-order chi connectivity index (χ0) is 15.4. The molecule has 0 aromatic carbocycles. The van der Waals surface area contributed by atoms with E-state index >= 15 is 0 Å². The minimum atomic E-state index is -2.00. The average Bonchev–Trinajstić information content (AvgIpc) is 2.70. The predicted molar refractivity (Wildman–Crippen MR) is 70.7 cm³/mol. The van der Waals surface area contributed by atoms with Gasteiger partial charge < -0.3 is 0 Å². The Labute approximate surface area is 120 Å². The van der Waals surface area contributed by atoms with Gasteiger partial charge in [-0.3, -0.25) is 0 Å². The zero-order valence-corrected chi connectivity index (χ0v) is 12.8. The fourth-order valence-corrected chi connectivity index (χ4v) is 8.48. The van der Waals surface area contributed by atoms with Gasteiger partial charge in [-0.25, -0.2) is 0 Å². The quantitative estimate of drug-likeness (QED) is 0.211. The Morgan fingerprint density at radius 1 is 0.950 bits per heavy atom. The van der Waals surface area contributed by atoms with Crippen LogP contribution >= 0.6 is 0 Å². The summed E-state index contributed by atoms with van der Waals surface area (Å²) in [6, 6.07) is 0. The van der Waals surface area contributed by atoms with Crippen LogP contribution in [-0.2, 0) is 0 Å². The number of hydrogen-bond donors (Lipinski definition) is 8. The normalized spacial score (nSPS) is 38.4. The molecule has 1 unspecified atom stereocenters. The van der Waals surface area contributed by atoms with Gasteiger partial charge in [0, 0.05) is 0 Å². The summed E-state index contributed by atoms with van der Waals surface area (Å²) in [5.74, 6) is 0. The molecule has 0 saturated carbocycles. The SMILES string of the molecule is OC[C@@H](O)[C@@H](O)[C@H](O)[C@H](O)C[SeH]1C[C@@H](O)[C@H](O)[C@H]1CO. The molecule has 1 rings (SSSR count). The van der Waals surface area contributed by atoms with Crippen molar-refractivity contribution in [3.8, 4) is 0 Å². The Bertz CT molecular complexity index is 294. The summed E-state index contributed by atoms with van der Waals surface area (Å²) >= 11 is -2.00. The Morgan fingerprint density at radius 2 is 1.50 bits per heavy atom. The van der Waals surface area contributed by atoms with E-state index in [1.54, 1.807) is 0 Å². The molecular formula is C11H24O8Se. The molecule has 0 spiro atoms. The first-order chi connectivity index (χ1) is 9.33. The second-order valence-corrected chi connectivity index (χ2v) is 10.5. The molecule has 1 fully saturated rings. The molecule has 1 saturated heterocycles. The Balaban J connectivity index is 2.59. The molecule has 0 radical (unpaired) electrons. The molecule has 1 aliphatic heterocycles. The summed E-state index contributed by atoms with van der Waals surface area (Å²) in [5.41, 5.74) is 0. The molecule has 0 bridgehead atoms. The van der Waals surface area contributed by atoms with Crippen molar-refractivity contribution in [2.45, 2.75) is 52.1 Å². The maximum absolute atomic E-state index is 9.87. The first kappa shape index (κ1) is 18.2. The molecule has 8 N–H and O–H groups in total. The molecule has 8 atom stereocenters. The third-order valence-electron chi connectivity index (χ3n) is 3.61. The van der Waals surface area contributed by atoms with Crippen LogP contribution < -0.4 is 0 Å². The van der Waals surface area contributed by atoms with Crippen molar-refractivity contribution in [1.29, 1.82) is 0 Å². The van der Waals surface area contributed by atoms with Crippen molar-refractivity contribution in [2.24, 2.45) is 0 Å². The van der Waals surface area contributed by atoms with Crippen LogP contribution in [0.25, 0.3) is 0 Å². The second kappa shape index (κ2) is 8.00. The van der Waals surface area contributed by atoms with Gasteiger partial charge in [0.15, 0.2) is 0 Å². The molecule has 20 heavy (non-hydrogen) atoms. The van der Waals surface area contributed by atoms with Crippen molar-refractivity contribution < 1.29 is 40.9 Å². The molecule has 9 heteroatoms. The van der Waals surface area contributed by atoms with Crippen LogP contribution in [0.5, 0.6) is 0 Å². The van der Waals surface area contributed by atoms with Crippen LogP contribution in [0, 0.1) is 0 Å². The molecule has 8 nitrogen and oxygen atoms in total. The summed E-state index contributed by atoms with van der Waals surface area (Å²) in [6.45, 7) is -1.05. The molecule has 122 valence electrons. The topological polar surface area (TPSA) is 162 Å². The van der Waals surface area contributed by atoms with Gasteiger partial charge in [-0.2, -0.15) is 0 Å². The van der Waals surface area contributed by atoms with Crippen LogP contribution in [0.2, 0.25) is 15.5 Å². The standard InChI is InChI=1S/C11H24O8Se/c12-1-5(14)10(18)11(19)7(16)4-20-3-6(15)9(17)8(20)2-13/h5-20H,1-4H2/t5-,6-,7-,8-,9+,10-,11-/m1/s1. The molecule has 1 heterocycles. The molecular weight excluding hydrogens is 339 g/mol. The molecule has 1 aliphatic rings. The van der Waals surface area contributed by atoms with E-state index in [2.05, 4.69) is 0 Å². The minimum absolute atomic E-state index is 0.0860. The maximum atomic E-state index is 9.87. The Morgan fingerprint density at radius 3 is 2.00 bits per heavy atom. The van der Waals surface area contributed by atoms with Gasteiger partial charge in [-0.1, -0.05) is 0 Å². The van der Waals surface area contributed by atoms with Crippen LogP contribution in [0.4, 0.5) is 0 Å². The summed E-state index contributed by atoms with van der Waals surface area (Å²) in [5, 5.41) is 75.8. The third kappa shape index (κ3) is 4.11. The van der Waals surface area contributed by atoms with Gasteiger partial charge in [-0.15, -0.1) is 0 Å². The summed E-state index contributed by atoms with van der Waals surface area (Å²) in [4.78, 5) is -0.473. The number of hydrogen-bond acceptors (Lipinski definition) is 8. The van der Waals surface area contributed by atoms with Crippen molar-refractivity contribution in [3.05, 3.63) is 0 Å². The van der Waals surface area contributed by atoms with Crippen molar-refractivity contribution in [1.82, 2.24) is 0 Å². The fourth-order valence-electron chi connectivity index (χ4n) is 2.30. The summed E-state index contributed by atoms with van der Waals surface area (Å²) in [7, 11) is 0. The molecule has 0 aromatic heterocycles. The van der Waals surface area contributed by atoms with E-state index in [0.29, 0.717) is 5.32 Å². The summed E-state index contributed by atoms with van der Waals surface area (Å²) < 4.78 is 0. The van der Waals surface area contributed by atoms with Gasteiger partial charge in [0.05, 0.1) is 0 Å². The van der Waals surface area contributed by atoms with Crippen LogP contribution in [0.1, 0.15) is 0 Å².